The molecule has 2 heterocycles. The van der Waals surface area contributed by atoms with Crippen LogP contribution in [0.5, 0.6) is 0 Å². The Morgan fingerprint density at radius 2 is 1.58 bits per heavy atom. The van der Waals surface area contributed by atoms with Crippen molar-refractivity contribution < 1.29 is 4.92 Å². The molecule has 0 amide bonds. The van der Waals surface area contributed by atoms with Gasteiger partial charge in [-0.1, -0.05) is 35.3 Å². The highest BCUT2D eigenvalue weighted by Gasteiger charge is 2.16. The number of hydrogen-bond acceptors (Lipinski definition) is 2. The van der Waals surface area contributed by atoms with E-state index in [1.54, 1.807) is 18.2 Å². The summed E-state index contributed by atoms with van der Waals surface area (Å²) < 4.78 is 2.05. The third-order valence-electron chi connectivity index (χ3n) is 4.26. The third-order valence-corrected chi connectivity index (χ3v) is 5.00. The first kappa shape index (κ1) is 16.6. The van der Waals surface area contributed by atoms with E-state index in [-0.39, 0.29) is 5.69 Å². The maximum Gasteiger partial charge on any atom is 0.269 e. The number of nitro groups is 1. The second-order valence-electron chi connectivity index (χ2n) is 5.83. The summed E-state index contributed by atoms with van der Waals surface area (Å²) in [5.41, 5.74) is 4.80. The molecule has 0 atom stereocenters. The van der Waals surface area contributed by atoms with Crippen molar-refractivity contribution in [3.05, 3.63) is 93.1 Å². The number of nitrogens with zero attached hydrogens (tertiary/aromatic N) is 2. The Balaban J connectivity index is 1.97. The molecule has 0 N–H and O–H groups in total. The van der Waals surface area contributed by atoms with Crippen molar-refractivity contribution >= 4 is 34.4 Å². The predicted octanol–water partition coefficient (Wildman–Crippen LogP) is 6.49. The van der Waals surface area contributed by atoms with Crippen LogP contribution >= 0.6 is 23.2 Å². The molecule has 0 aliphatic carbocycles. The first-order valence-electron chi connectivity index (χ1n) is 7.85. The van der Waals surface area contributed by atoms with E-state index in [0.717, 1.165) is 27.9 Å². The SMILES string of the molecule is O=[N+]([O-])c1ccc(-c2c(-c3ccc(Cl)c(Cl)c3)cc3ccccn23)cc1. The van der Waals surface area contributed by atoms with Crippen LogP contribution in [0.15, 0.2) is 72.9 Å². The Kier molecular flexibility index (Phi) is 4.15. The monoisotopic (exact) mass is 382 g/mol. The van der Waals surface area contributed by atoms with Crippen LogP contribution in [0, 0.1) is 10.1 Å². The number of non-ortho nitro benzene ring substituents is 1. The van der Waals surface area contributed by atoms with E-state index < -0.39 is 4.92 Å². The van der Waals surface area contributed by atoms with Crippen molar-refractivity contribution in [2.75, 3.05) is 0 Å². The summed E-state index contributed by atoms with van der Waals surface area (Å²) >= 11 is 12.3. The minimum Gasteiger partial charge on any atom is -0.316 e. The lowest BCUT2D eigenvalue weighted by Crippen LogP contribution is -1.91. The fourth-order valence-corrected chi connectivity index (χ4v) is 3.34. The third kappa shape index (κ3) is 2.83. The van der Waals surface area contributed by atoms with E-state index >= 15 is 0 Å². The molecule has 4 nitrogen and oxygen atoms in total. The van der Waals surface area contributed by atoms with Gasteiger partial charge in [0.25, 0.3) is 5.69 Å². The van der Waals surface area contributed by atoms with Crippen LogP contribution in [0.1, 0.15) is 0 Å². The van der Waals surface area contributed by atoms with E-state index in [1.807, 2.05) is 36.5 Å². The van der Waals surface area contributed by atoms with Gasteiger partial charge in [-0.2, -0.15) is 0 Å². The second kappa shape index (κ2) is 6.48. The van der Waals surface area contributed by atoms with Crippen LogP contribution in [-0.2, 0) is 0 Å². The Bertz CT molecular complexity index is 1130. The lowest BCUT2D eigenvalue weighted by molar-refractivity contribution is -0.384. The van der Waals surface area contributed by atoms with E-state index in [4.69, 9.17) is 23.2 Å². The lowest BCUT2D eigenvalue weighted by atomic mass is 10.0. The molecule has 2 aromatic carbocycles. The summed E-state index contributed by atoms with van der Waals surface area (Å²) in [5, 5.41) is 11.9. The number of pyridine rings is 1. The van der Waals surface area contributed by atoms with Crippen molar-refractivity contribution in [1.29, 1.82) is 0 Å². The van der Waals surface area contributed by atoms with Crippen LogP contribution in [0.25, 0.3) is 27.9 Å². The summed E-state index contributed by atoms with van der Waals surface area (Å²) in [4.78, 5) is 10.5. The maximum absolute atomic E-state index is 10.9. The van der Waals surface area contributed by atoms with Gasteiger partial charge in [-0.3, -0.25) is 10.1 Å². The van der Waals surface area contributed by atoms with Gasteiger partial charge in [-0.15, -0.1) is 0 Å². The molecule has 0 radical (unpaired) electrons. The molecule has 0 saturated carbocycles. The van der Waals surface area contributed by atoms with Gasteiger partial charge in [0.2, 0.25) is 0 Å². The molecule has 4 rings (SSSR count). The number of aromatic nitrogens is 1. The van der Waals surface area contributed by atoms with Gasteiger partial charge < -0.3 is 4.40 Å². The van der Waals surface area contributed by atoms with Gasteiger partial charge in [0, 0.05) is 29.4 Å². The molecule has 0 unspecified atom stereocenters. The van der Waals surface area contributed by atoms with Crippen LogP contribution in [0.3, 0.4) is 0 Å². The van der Waals surface area contributed by atoms with Gasteiger partial charge in [0.05, 0.1) is 20.7 Å². The van der Waals surface area contributed by atoms with Crippen LogP contribution in [0.2, 0.25) is 10.0 Å². The number of fused-ring (bicyclic) bond motifs is 1. The number of benzene rings is 2. The van der Waals surface area contributed by atoms with Crippen LogP contribution in [-0.4, -0.2) is 9.32 Å². The zero-order chi connectivity index (χ0) is 18.3. The minimum atomic E-state index is -0.403. The molecule has 6 heteroatoms. The number of halogens is 2. The lowest BCUT2D eigenvalue weighted by Gasteiger charge is -2.08. The van der Waals surface area contributed by atoms with Gasteiger partial charge in [0.15, 0.2) is 0 Å². The van der Waals surface area contributed by atoms with Crippen molar-refractivity contribution in [3.8, 4) is 22.4 Å². The van der Waals surface area contributed by atoms with Gasteiger partial charge in [-0.25, -0.2) is 0 Å². The molecule has 4 aromatic rings. The molecule has 128 valence electrons. The minimum absolute atomic E-state index is 0.0608. The van der Waals surface area contributed by atoms with E-state index in [1.165, 1.54) is 12.1 Å². The summed E-state index contributed by atoms with van der Waals surface area (Å²) in [5.74, 6) is 0. The summed E-state index contributed by atoms with van der Waals surface area (Å²) in [6, 6.07) is 20.0. The average Bonchev–Trinajstić information content (AvgIpc) is 3.03. The highest BCUT2D eigenvalue weighted by atomic mass is 35.5. The number of rotatable bonds is 3. The Labute approximate surface area is 159 Å². The fraction of sp³-hybridized carbons (Fsp3) is 0. The smallest absolute Gasteiger partial charge is 0.269 e. The van der Waals surface area contributed by atoms with Crippen molar-refractivity contribution in [3.63, 3.8) is 0 Å². The van der Waals surface area contributed by atoms with Crippen molar-refractivity contribution in [2.24, 2.45) is 0 Å². The highest BCUT2D eigenvalue weighted by molar-refractivity contribution is 6.42. The zero-order valence-electron chi connectivity index (χ0n) is 13.4. The van der Waals surface area contributed by atoms with Crippen molar-refractivity contribution in [2.45, 2.75) is 0 Å². The zero-order valence-corrected chi connectivity index (χ0v) is 14.9. The van der Waals surface area contributed by atoms with Crippen LogP contribution in [0.4, 0.5) is 5.69 Å². The molecule has 0 aliphatic heterocycles. The molecular formula is C20H12Cl2N2O2. The Morgan fingerprint density at radius 1 is 0.846 bits per heavy atom. The first-order chi connectivity index (χ1) is 12.5. The molecule has 0 fully saturated rings. The number of nitro benzene ring substituents is 1. The summed E-state index contributed by atoms with van der Waals surface area (Å²) in [6.07, 6.45) is 1.97. The highest BCUT2D eigenvalue weighted by Crippen LogP contribution is 2.38. The summed E-state index contributed by atoms with van der Waals surface area (Å²) in [6.45, 7) is 0. The van der Waals surface area contributed by atoms with Gasteiger partial charge in [-0.05, 0) is 53.6 Å². The van der Waals surface area contributed by atoms with E-state index in [9.17, 15) is 10.1 Å². The van der Waals surface area contributed by atoms with E-state index in [0.29, 0.717) is 10.0 Å². The molecule has 0 bridgehead atoms. The quantitative estimate of drug-likeness (QED) is 0.300. The van der Waals surface area contributed by atoms with Gasteiger partial charge >= 0.3 is 0 Å². The van der Waals surface area contributed by atoms with Crippen LogP contribution < -0.4 is 0 Å². The molecular weight excluding hydrogens is 371 g/mol. The molecule has 0 spiro atoms. The Hall–Kier alpha value is -2.82. The second-order valence-corrected chi connectivity index (χ2v) is 6.65. The maximum atomic E-state index is 10.9. The Morgan fingerprint density at radius 3 is 2.27 bits per heavy atom. The topological polar surface area (TPSA) is 47.5 Å². The fourth-order valence-electron chi connectivity index (χ4n) is 3.04. The normalized spacial score (nSPS) is 11.0. The standard InChI is InChI=1S/C20H12Cl2N2O2/c21-18-9-6-14(11-19(18)22)17-12-16-3-1-2-10-23(16)20(17)13-4-7-15(8-5-13)24(25)26/h1-12H. The van der Waals surface area contributed by atoms with Gasteiger partial charge in [0.1, 0.15) is 0 Å². The first-order valence-corrected chi connectivity index (χ1v) is 8.60. The molecule has 2 aromatic heterocycles. The van der Waals surface area contributed by atoms with E-state index in [2.05, 4.69) is 10.5 Å². The van der Waals surface area contributed by atoms with Crippen molar-refractivity contribution in [1.82, 2.24) is 4.40 Å². The average molecular weight is 383 g/mol. The molecule has 0 saturated heterocycles. The predicted molar refractivity (Wildman–Crippen MR) is 105 cm³/mol. The molecule has 26 heavy (non-hydrogen) atoms. The molecule has 0 aliphatic rings. The summed E-state index contributed by atoms with van der Waals surface area (Å²) in [7, 11) is 0. The largest absolute Gasteiger partial charge is 0.316 e. The number of hydrogen-bond donors (Lipinski definition) is 0.